The minimum absolute atomic E-state index is 0.0776. The average molecular weight is 543 g/mol. The van der Waals surface area contributed by atoms with Gasteiger partial charge in [0.1, 0.15) is 5.37 Å². The molecule has 192 valence electrons. The van der Waals surface area contributed by atoms with Gasteiger partial charge in [-0.05, 0) is 55.3 Å². The van der Waals surface area contributed by atoms with Crippen molar-refractivity contribution < 1.29 is 9.59 Å². The lowest BCUT2D eigenvalue weighted by molar-refractivity contribution is -0.128. The van der Waals surface area contributed by atoms with Gasteiger partial charge in [0.2, 0.25) is 5.91 Å². The first-order chi connectivity index (χ1) is 18.4. The van der Waals surface area contributed by atoms with Crippen LogP contribution in [0.2, 0.25) is 5.02 Å². The fourth-order valence-corrected chi connectivity index (χ4v) is 6.04. The highest BCUT2D eigenvalue weighted by molar-refractivity contribution is 8.00. The lowest BCUT2D eigenvalue weighted by Crippen LogP contribution is -2.27. The molecule has 8 heteroatoms. The van der Waals surface area contributed by atoms with Gasteiger partial charge in [0.05, 0.1) is 22.7 Å². The molecule has 0 bridgehead atoms. The molecule has 4 aromatic rings. The Hall–Kier alpha value is -3.81. The van der Waals surface area contributed by atoms with E-state index in [1.807, 2.05) is 91.5 Å². The number of halogens is 1. The molecule has 0 aliphatic carbocycles. The molecule has 6 nitrogen and oxygen atoms in total. The molecule has 0 saturated carbocycles. The van der Waals surface area contributed by atoms with E-state index in [-0.39, 0.29) is 17.2 Å². The van der Waals surface area contributed by atoms with Gasteiger partial charge in [-0.3, -0.25) is 9.59 Å². The number of benzene rings is 3. The number of carbonyl (C=O) groups is 2. The van der Waals surface area contributed by atoms with Gasteiger partial charge in [-0.25, -0.2) is 5.43 Å². The number of nitrogens with one attached hydrogen (secondary N) is 1. The molecule has 1 fully saturated rings. The quantitative estimate of drug-likeness (QED) is 0.220. The maximum absolute atomic E-state index is 12.7. The number of aryl methyl sites for hydroxylation is 1. The van der Waals surface area contributed by atoms with Gasteiger partial charge in [-0.2, -0.15) is 5.10 Å². The third-order valence-corrected chi connectivity index (χ3v) is 8.13. The van der Waals surface area contributed by atoms with E-state index in [1.165, 1.54) is 0 Å². The van der Waals surface area contributed by atoms with Crippen molar-refractivity contribution in [2.75, 3.05) is 5.75 Å². The van der Waals surface area contributed by atoms with Crippen LogP contribution in [0.15, 0.2) is 90.0 Å². The first-order valence-electron chi connectivity index (χ1n) is 12.2. The molecular formula is C30H27ClN4O2S. The van der Waals surface area contributed by atoms with Crippen molar-refractivity contribution in [2.24, 2.45) is 5.10 Å². The van der Waals surface area contributed by atoms with Crippen LogP contribution in [0.25, 0.3) is 5.69 Å². The average Bonchev–Trinajstić information content (AvgIpc) is 3.43. The molecule has 1 aromatic heterocycles. The number of hydrogen-bond donors (Lipinski definition) is 1. The molecule has 5 rings (SSSR count). The maximum Gasteiger partial charge on any atom is 0.271 e. The minimum Gasteiger partial charge on any atom is -0.322 e. The Morgan fingerprint density at radius 1 is 1.05 bits per heavy atom. The lowest BCUT2D eigenvalue weighted by atomic mass is 10.1. The number of para-hydroxylation sites is 1. The fraction of sp³-hybridized carbons (Fsp3) is 0.167. The normalized spacial score (nSPS) is 15.4. The summed E-state index contributed by atoms with van der Waals surface area (Å²) in [5, 5.41) is 4.78. The SMILES string of the molecule is Cc1cc(/C=N\NC(=O)c2ccc([C@H]3SCC(=O)N3Cc3ccccc3)cc2)c(C)n1-c1ccccc1Cl. The van der Waals surface area contributed by atoms with E-state index in [9.17, 15) is 9.59 Å². The van der Waals surface area contributed by atoms with E-state index >= 15 is 0 Å². The molecule has 1 N–H and O–H groups in total. The highest BCUT2D eigenvalue weighted by Crippen LogP contribution is 2.39. The molecule has 1 aliphatic heterocycles. The van der Waals surface area contributed by atoms with Crippen molar-refractivity contribution in [3.05, 3.63) is 124 Å². The second-order valence-corrected chi connectivity index (χ2v) is 10.6. The van der Waals surface area contributed by atoms with Crippen LogP contribution in [-0.4, -0.2) is 33.2 Å². The van der Waals surface area contributed by atoms with E-state index in [4.69, 9.17) is 11.6 Å². The zero-order valence-electron chi connectivity index (χ0n) is 21.1. The monoisotopic (exact) mass is 542 g/mol. The van der Waals surface area contributed by atoms with E-state index in [0.29, 0.717) is 22.9 Å². The Kier molecular flexibility index (Phi) is 7.67. The molecule has 0 unspecified atom stereocenters. The number of rotatable bonds is 7. The highest BCUT2D eigenvalue weighted by atomic mass is 35.5. The molecule has 1 atom stereocenters. The topological polar surface area (TPSA) is 66.7 Å². The summed E-state index contributed by atoms with van der Waals surface area (Å²) < 4.78 is 2.07. The van der Waals surface area contributed by atoms with Crippen LogP contribution in [0.3, 0.4) is 0 Å². The molecule has 1 saturated heterocycles. The van der Waals surface area contributed by atoms with Crippen LogP contribution in [0.1, 0.15) is 43.8 Å². The molecule has 0 spiro atoms. The summed E-state index contributed by atoms with van der Waals surface area (Å²) in [5.74, 6) is 0.267. The van der Waals surface area contributed by atoms with E-state index in [1.54, 1.807) is 30.1 Å². The van der Waals surface area contributed by atoms with Crippen molar-refractivity contribution in [2.45, 2.75) is 25.8 Å². The maximum atomic E-state index is 12.7. The molecule has 1 aliphatic rings. The van der Waals surface area contributed by atoms with Crippen LogP contribution in [0, 0.1) is 13.8 Å². The fourth-order valence-electron chi connectivity index (χ4n) is 4.63. The molecule has 0 radical (unpaired) electrons. The summed E-state index contributed by atoms with van der Waals surface area (Å²) in [7, 11) is 0. The number of hydrogen-bond acceptors (Lipinski definition) is 4. The van der Waals surface area contributed by atoms with Gasteiger partial charge in [-0.1, -0.05) is 66.2 Å². The molecular weight excluding hydrogens is 516 g/mol. The predicted molar refractivity (Wildman–Crippen MR) is 154 cm³/mol. The summed E-state index contributed by atoms with van der Waals surface area (Å²) in [4.78, 5) is 27.2. The van der Waals surface area contributed by atoms with Crippen LogP contribution in [0.4, 0.5) is 0 Å². The Morgan fingerprint density at radius 2 is 1.76 bits per heavy atom. The van der Waals surface area contributed by atoms with Crippen molar-refractivity contribution in [3.63, 3.8) is 0 Å². The van der Waals surface area contributed by atoms with Crippen molar-refractivity contribution >= 4 is 41.4 Å². The minimum atomic E-state index is -0.302. The second kappa shape index (κ2) is 11.3. The standard InChI is InChI=1S/C30H27ClN4O2S/c1-20-16-25(21(2)35(20)27-11-7-6-10-26(27)31)17-32-33-29(37)23-12-14-24(15-13-23)30-34(28(36)19-38-30)18-22-8-4-3-5-9-22/h3-17,30H,18-19H2,1-2H3,(H,33,37)/b32-17-/t30-/m1/s1. The van der Waals surface area contributed by atoms with Gasteiger partial charge in [0.25, 0.3) is 5.91 Å². The molecule has 3 aromatic carbocycles. The summed E-state index contributed by atoms with van der Waals surface area (Å²) >= 11 is 8.00. The van der Waals surface area contributed by atoms with Crippen LogP contribution in [0.5, 0.6) is 0 Å². The largest absolute Gasteiger partial charge is 0.322 e. The number of hydrazone groups is 1. The zero-order chi connectivity index (χ0) is 26.6. The summed E-state index contributed by atoms with van der Waals surface area (Å²) in [6, 6.07) is 27.0. The van der Waals surface area contributed by atoms with E-state index < -0.39 is 0 Å². The van der Waals surface area contributed by atoms with Crippen molar-refractivity contribution in [3.8, 4) is 5.69 Å². The zero-order valence-corrected chi connectivity index (χ0v) is 22.7. The number of amides is 2. The Labute approximate surface area is 231 Å². The van der Waals surface area contributed by atoms with Crippen LogP contribution in [-0.2, 0) is 11.3 Å². The smallest absolute Gasteiger partial charge is 0.271 e. The van der Waals surface area contributed by atoms with E-state index in [0.717, 1.165) is 33.8 Å². The van der Waals surface area contributed by atoms with Gasteiger partial charge in [0.15, 0.2) is 0 Å². The second-order valence-electron chi connectivity index (χ2n) is 9.11. The number of thioether (sulfide) groups is 1. The third-order valence-electron chi connectivity index (χ3n) is 6.56. The summed E-state index contributed by atoms with van der Waals surface area (Å²) in [5.41, 5.74) is 8.98. The first kappa shape index (κ1) is 25.8. The van der Waals surface area contributed by atoms with Gasteiger partial charge >= 0.3 is 0 Å². The summed E-state index contributed by atoms with van der Waals surface area (Å²) in [6.07, 6.45) is 1.64. The Morgan fingerprint density at radius 3 is 2.50 bits per heavy atom. The Balaban J connectivity index is 1.25. The lowest BCUT2D eigenvalue weighted by Gasteiger charge is -2.24. The van der Waals surface area contributed by atoms with Crippen LogP contribution >= 0.6 is 23.4 Å². The van der Waals surface area contributed by atoms with E-state index in [2.05, 4.69) is 15.1 Å². The molecule has 2 heterocycles. The number of aromatic nitrogens is 1. The van der Waals surface area contributed by atoms with Crippen molar-refractivity contribution in [1.82, 2.24) is 14.9 Å². The predicted octanol–water partition coefficient (Wildman–Crippen LogP) is 6.29. The molecule has 2 amide bonds. The summed E-state index contributed by atoms with van der Waals surface area (Å²) in [6.45, 7) is 4.56. The van der Waals surface area contributed by atoms with Crippen molar-refractivity contribution in [1.29, 1.82) is 0 Å². The van der Waals surface area contributed by atoms with Gasteiger partial charge < -0.3 is 9.47 Å². The van der Waals surface area contributed by atoms with Gasteiger partial charge in [-0.15, -0.1) is 11.8 Å². The Bertz CT molecular complexity index is 1500. The molecule has 38 heavy (non-hydrogen) atoms. The first-order valence-corrected chi connectivity index (χ1v) is 13.7. The number of carbonyl (C=O) groups excluding carboxylic acids is 2. The van der Waals surface area contributed by atoms with Gasteiger partial charge in [0, 0.05) is 29.1 Å². The third kappa shape index (κ3) is 5.39. The number of nitrogens with zero attached hydrogens (tertiary/aromatic N) is 3. The van der Waals surface area contributed by atoms with Crippen LogP contribution < -0.4 is 5.43 Å². The highest BCUT2D eigenvalue weighted by Gasteiger charge is 2.32.